The number of esters is 1. The average Bonchev–Trinajstić information content (AvgIpc) is 1.64. The van der Waals surface area contributed by atoms with Crippen molar-refractivity contribution in [1.82, 2.24) is 80.4 Å². The van der Waals surface area contributed by atoms with E-state index in [9.17, 15) is 14.4 Å². The van der Waals surface area contributed by atoms with Crippen molar-refractivity contribution < 1.29 is 40.2 Å². The zero-order valence-electron chi connectivity index (χ0n) is 65.3. The maximum atomic E-state index is 12.8. The molecule has 564 valence electrons. The number of fused-ring (bicyclic) bond motifs is 8. The van der Waals surface area contributed by atoms with E-state index >= 15 is 0 Å². The smallest absolute Gasteiger partial charge is 0.572 e. The van der Waals surface area contributed by atoms with Crippen molar-refractivity contribution in [2.75, 3.05) is 7.11 Å². The number of carbonyl (C=O) groups excluding carboxylic acids is 3. The molecule has 0 amide bonds. The van der Waals surface area contributed by atoms with Gasteiger partial charge in [0, 0.05) is 102 Å². The number of carbonyl (C=O) groups is 3. The first-order valence-electron chi connectivity index (χ1n) is 38.5. The zero-order chi connectivity index (χ0) is 76.2. The Balaban J connectivity index is 0.000000127. The summed E-state index contributed by atoms with van der Waals surface area (Å²) in [6.07, 6.45) is 26.4. The number of rotatable bonds is 11. The van der Waals surface area contributed by atoms with Gasteiger partial charge in [0.05, 0.1) is 40.6 Å². The van der Waals surface area contributed by atoms with Crippen molar-refractivity contribution in [3.63, 3.8) is 0 Å². The fourth-order valence-electron chi connectivity index (χ4n) is 15.4. The van der Waals surface area contributed by atoms with Crippen LogP contribution in [0, 0.1) is 11.3 Å². The topological polar surface area (TPSA) is 272 Å². The van der Waals surface area contributed by atoms with E-state index in [0.717, 1.165) is 166 Å². The normalized spacial score (nSPS) is 16.3. The fraction of sp³-hybridized carbons (Fsp3) is 0.409. The molecule has 8 aromatic heterocycles. The first kappa shape index (κ1) is 78.5. The van der Waals surface area contributed by atoms with Gasteiger partial charge in [0.2, 0.25) is 11.6 Å². The van der Waals surface area contributed by atoms with Gasteiger partial charge in [-0.2, -0.15) is 5.10 Å². The quantitative estimate of drug-likeness (QED) is 0.0716. The van der Waals surface area contributed by atoms with E-state index in [1.807, 2.05) is 68.8 Å². The molecule has 20 nitrogen and oxygen atoms in total. The first-order valence-corrected chi connectivity index (χ1v) is 38.5. The summed E-state index contributed by atoms with van der Waals surface area (Å²) in [5.74, 6) is 1.11. The van der Waals surface area contributed by atoms with Gasteiger partial charge in [0.1, 0.15) is 23.1 Å². The molecule has 0 spiro atoms. The van der Waals surface area contributed by atoms with Crippen molar-refractivity contribution in [1.29, 1.82) is 0 Å². The molecule has 1 atom stereocenters. The van der Waals surface area contributed by atoms with Crippen LogP contribution in [0.1, 0.15) is 231 Å². The van der Waals surface area contributed by atoms with Crippen LogP contribution < -0.4 is 10.2 Å². The molecule has 4 aliphatic rings. The van der Waals surface area contributed by atoms with Gasteiger partial charge in [-0.05, 0) is 172 Å². The van der Waals surface area contributed by atoms with E-state index in [0.29, 0.717) is 18.1 Å². The van der Waals surface area contributed by atoms with Crippen molar-refractivity contribution in [2.24, 2.45) is 11.3 Å². The molecule has 5 aromatic carbocycles. The molecule has 21 heteroatoms. The van der Waals surface area contributed by atoms with Gasteiger partial charge in [0.15, 0.2) is 11.6 Å². The maximum absolute atomic E-state index is 12.8. The maximum Gasteiger partial charge on any atom is 2.00 e. The minimum absolute atomic E-state index is 0. The van der Waals surface area contributed by atoms with Crippen LogP contribution in [0.25, 0.3) is 89.1 Å². The number of ether oxygens (including phenoxy) is 1. The second-order valence-corrected chi connectivity index (χ2v) is 31.6. The predicted octanol–water partition coefficient (Wildman–Crippen LogP) is 17.6. The Labute approximate surface area is 652 Å². The molecule has 0 radical (unpaired) electrons. The number of ketones is 2. The summed E-state index contributed by atoms with van der Waals surface area (Å²) in [6, 6.07) is 31.1. The van der Waals surface area contributed by atoms with E-state index in [-0.39, 0.29) is 60.5 Å². The van der Waals surface area contributed by atoms with Crippen LogP contribution in [0.5, 0.6) is 0 Å². The molecule has 1 saturated carbocycles. The summed E-state index contributed by atoms with van der Waals surface area (Å²) in [4.78, 5) is 81.3. The van der Waals surface area contributed by atoms with Crippen molar-refractivity contribution in [2.45, 2.75) is 215 Å². The van der Waals surface area contributed by atoms with E-state index in [1.54, 1.807) is 12.4 Å². The summed E-state index contributed by atoms with van der Waals surface area (Å²) in [5, 5.41) is 30.7. The Morgan fingerprint density at radius 2 is 0.807 bits per heavy atom. The number of Topliss-reactive ketones (excluding diaryl/α,β-unsaturated/α-hetero) is 2. The summed E-state index contributed by atoms with van der Waals surface area (Å²) >= 11 is 0. The van der Waals surface area contributed by atoms with Crippen LogP contribution >= 0.6 is 0 Å². The first-order chi connectivity index (χ1) is 51.9. The van der Waals surface area contributed by atoms with Crippen LogP contribution in [0.2, 0.25) is 0 Å². The second-order valence-electron chi connectivity index (χ2n) is 31.6. The van der Waals surface area contributed by atoms with Gasteiger partial charge in [-0.3, -0.25) is 14.7 Å². The summed E-state index contributed by atoms with van der Waals surface area (Å²) in [7, 11) is 1.32. The average molecular weight is 1640 g/mol. The summed E-state index contributed by atoms with van der Waals surface area (Å²) in [5.41, 5.74) is 20.7. The minimum Gasteiger partial charge on any atom is -0.572 e. The third kappa shape index (κ3) is 16.9. The van der Waals surface area contributed by atoms with Crippen LogP contribution in [0.3, 0.4) is 0 Å². The molecule has 0 aliphatic heterocycles. The van der Waals surface area contributed by atoms with Crippen molar-refractivity contribution >= 4 is 72.1 Å². The second kappa shape index (κ2) is 33.0. The molecule has 4 aliphatic carbocycles. The Kier molecular flexibility index (Phi) is 23.8. The molecule has 109 heavy (non-hydrogen) atoms. The number of hydrogen-bond donors (Lipinski definition) is 1. The van der Waals surface area contributed by atoms with E-state index in [1.165, 1.54) is 83.0 Å². The Morgan fingerprint density at radius 3 is 1.23 bits per heavy atom. The molecule has 0 saturated heterocycles. The van der Waals surface area contributed by atoms with E-state index in [4.69, 9.17) is 15.0 Å². The Hall–Kier alpha value is -10.1. The van der Waals surface area contributed by atoms with Gasteiger partial charge < -0.3 is 25.1 Å². The fourth-order valence-corrected chi connectivity index (χ4v) is 15.4. The SMILES string of the molecule is CCc1ccc2cnc(-c3[n-]nc4c3CCCC4(C)C)nc2c1.CCc1ccc2cnc(-c3[n-]nc4c3CCCC4(C)C)nc2c1.CCc1ccc2cnc(-c3n[nH]c4c3CCCC4(C)C)nc2c1.CCc1ccc2cnc(C(=O)C3CCCC(C)(C)C3=O)nc2c1.CCc1ccc2cnc(C(=O)OC)nc2c1.[Pt+2]. The van der Waals surface area contributed by atoms with Gasteiger partial charge >= 0.3 is 27.0 Å². The number of aryl methyl sites for hydroxylation is 5. The monoisotopic (exact) mass is 1640 g/mol. The standard InChI is InChI=1S/C19H22N4.2C19H21N4.C19H22N2O2.C12H12N2O2.Pt/c3*1-4-12-7-8-13-11-20-18(21-15(13)10-12)16-14-6-5-9-19(2,3)17(14)23-22-16;1-4-12-7-8-13-11-20-18(21-15(13)10-12)16(22)14-6-5-9-19(2,3)17(14)23;1-3-8-4-5-9-7-13-11(12(15)16-2)14-10(9)6-8;/h7-8,10-11H,4-6,9H2,1-3H3,(H,22,23);2*7-8,10-11H,4-6,9H2,1-3H3;7-8,10-11,14H,4-6,9H2,1-3H3;4-7H,3H2,1-2H3;/q;2*-1;;;+2. The Morgan fingerprint density at radius 1 is 0.450 bits per heavy atom. The van der Waals surface area contributed by atoms with Crippen LogP contribution in [-0.4, -0.2) is 94.9 Å². The minimum atomic E-state index is -0.592. The number of hydrogen-bond acceptors (Lipinski definition) is 17. The molecule has 1 unspecified atom stereocenters. The van der Waals surface area contributed by atoms with E-state index in [2.05, 4.69) is 201 Å². The van der Waals surface area contributed by atoms with Crippen LogP contribution in [0.15, 0.2) is 122 Å². The molecule has 0 bridgehead atoms. The van der Waals surface area contributed by atoms with Crippen molar-refractivity contribution in [3.8, 4) is 34.6 Å². The predicted molar refractivity (Wildman–Crippen MR) is 425 cm³/mol. The number of nitrogens with one attached hydrogen (secondary N) is 1. The summed E-state index contributed by atoms with van der Waals surface area (Å²) < 4.78 is 4.58. The number of nitrogens with zero attached hydrogens (tertiary/aromatic N) is 15. The number of methoxy groups -OCH3 is 1. The third-order valence-electron chi connectivity index (χ3n) is 22.3. The number of benzene rings is 5. The number of aromatic nitrogens is 16. The molecule has 1 fully saturated rings. The van der Waals surface area contributed by atoms with Gasteiger partial charge in [0.25, 0.3) is 0 Å². The van der Waals surface area contributed by atoms with Gasteiger partial charge in [-0.15, -0.1) is 0 Å². The molecular formula is C88H98N16O4Pt. The Bertz CT molecular complexity index is 5170. The van der Waals surface area contributed by atoms with Gasteiger partial charge in [-0.25, -0.2) is 54.6 Å². The molecule has 13 aromatic rings. The largest absolute Gasteiger partial charge is 2.00 e. The summed E-state index contributed by atoms with van der Waals surface area (Å²) in [6.45, 7) is 28.0. The van der Waals surface area contributed by atoms with Gasteiger partial charge in [-0.1, -0.05) is 168 Å². The molecule has 1 N–H and O–H groups in total. The number of aromatic amines is 1. The van der Waals surface area contributed by atoms with Crippen molar-refractivity contribution in [3.05, 3.63) is 195 Å². The van der Waals surface area contributed by atoms with Crippen LogP contribution in [-0.2, 0) is 98.2 Å². The van der Waals surface area contributed by atoms with E-state index < -0.39 is 17.3 Å². The molecule has 8 heterocycles. The zero-order valence-corrected chi connectivity index (χ0v) is 67.6. The number of H-pyrrole nitrogens is 1. The molecular weight excluding hydrogens is 1540 g/mol. The third-order valence-corrected chi connectivity index (χ3v) is 22.3. The molecule has 17 rings (SSSR count). The van der Waals surface area contributed by atoms with Crippen LogP contribution in [0.4, 0.5) is 0 Å².